The second-order valence-corrected chi connectivity index (χ2v) is 9.53. The minimum Gasteiger partial charge on any atom is -0.496 e. The number of nitrogens with zero attached hydrogens (tertiary/aromatic N) is 1. The number of thiazole rings is 1. The van der Waals surface area contributed by atoms with Crippen molar-refractivity contribution < 1.29 is 14.3 Å². The molecule has 0 saturated heterocycles. The summed E-state index contributed by atoms with van der Waals surface area (Å²) in [6.45, 7) is 0. The summed E-state index contributed by atoms with van der Waals surface area (Å²) in [6.07, 6.45) is 4.41. The minimum absolute atomic E-state index is 0.241. The van der Waals surface area contributed by atoms with E-state index in [9.17, 15) is 4.79 Å². The molecule has 0 unspecified atom stereocenters. The first-order valence-electron chi connectivity index (χ1n) is 10.2. The summed E-state index contributed by atoms with van der Waals surface area (Å²) in [7, 11) is 3.11. The number of hydrogen-bond donors (Lipinski definition) is 1. The lowest BCUT2D eigenvalue weighted by Crippen LogP contribution is -2.14. The standard InChI is InChI=1S/C24H22N2O3S2/c1-28-16-10-7-11-17(29-2)21(16)22(27)26-24-20(14-8-3-5-12-18(14)30-24)23-25-15-9-4-6-13-19(15)31-23/h4,6-7,9-11,13H,3,5,8,12H2,1-2H3,(H,26,27). The Morgan fingerprint density at radius 2 is 1.71 bits per heavy atom. The molecule has 0 atom stereocenters. The highest BCUT2D eigenvalue weighted by Gasteiger charge is 2.27. The lowest BCUT2D eigenvalue weighted by Gasteiger charge is -2.13. The molecule has 1 N–H and O–H groups in total. The Morgan fingerprint density at radius 3 is 2.45 bits per heavy atom. The van der Waals surface area contributed by atoms with Crippen molar-refractivity contribution in [1.82, 2.24) is 4.98 Å². The van der Waals surface area contributed by atoms with E-state index in [1.54, 1.807) is 49.0 Å². The highest BCUT2D eigenvalue weighted by atomic mass is 32.1. The van der Waals surface area contributed by atoms with Crippen LogP contribution in [0.25, 0.3) is 20.8 Å². The molecule has 5 rings (SSSR count). The Bertz CT molecular complexity index is 1220. The molecule has 2 heterocycles. The van der Waals surface area contributed by atoms with E-state index < -0.39 is 0 Å². The number of nitrogens with one attached hydrogen (secondary N) is 1. The summed E-state index contributed by atoms with van der Waals surface area (Å²) in [5.41, 5.74) is 3.79. The number of carbonyl (C=O) groups excluding carboxylic acids is 1. The number of hydrogen-bond acceptors (Lipinski definition) is 6. The Morgan fingerprint density at radius 1 is 0.968 bits per heavy atom. The van der Waals surface area contributed by atoms with Crippen LogP contribution in [0.3, 0.4) is 0 Å². The Labute approximate surface area is 188 Å². The third-order valence-electron chi connectivity index (χ3n) is 5.56. The number of benzene rings is 2. The maximum atomic E-state index is 13.4. The van der Waals surface area contributed by atoms with Crippen molar-refractivity contribution in [3.63, 3.8) is 0 Å². The van der Waals surface area contributed by atoms with Gasteiger partial charge in [0.2, 0.25) is 0 Å². The fourth-order valence-electron chi connectivity index (χ4n) is 4.10. The number of carbonyl (C=O) groups is 1. The zero-order valence-electron chi connectivity index (χ0n) is 17.4. The molecular weight excluding hydrogens is 428 g/mol. The maximum Gasteiger partial charge on any atom is 0.263 e. The number of para-hydroxylation sites is 1. The second kappa shape index (κ2) is 8.32. The lowest BCUT2D eigenvalue weighted by molar-refractivity contribution is 0.102. The van der Waals surface area contributed by atoms with Gasteiger partial charge in [0.1, 0.15) is 27.1 Å². The van der Waals surface area contributed by atoms with E-state index in [0.29, 0.717) is 17.1 Å². The molecule has 0 fully saturated rings. The second-order valence-electron chi connectivity index (χ2n) is 7.39. The van der Waals surface area contributed by atoms with Crippen LogP contribution in [-0.4, -0.2) is 25.1 Å². The fourth-order valence-corrected chi connectivity index (χ4v) is 6.49. The van der Waals surface area contributed by atoms with Crippen LogP contribution < -0.4 is 14.8 Å². The fraction of sp³-hybridized carbons (Fsp3) is 0.250. The molecule has 7 heteroatoms. The van der Waals surface area contributed by atoms with Gasteiger partial charge in [0.25, 0.3) is 5.91 Å². The number of amides is 1. The summed E-state index contributed by atoms with van der Waals surface area (Å²) in [4.78, 5) is 19.6. The van der Waals surface area contributed by atoms with Crippen LogP contribution in [0.4, 0.5) is 5.00 Å². The van der Waals surface area contributed by atoms with Gasteiger partial charge in [-0.1, -0.05) is 18.2 Å². The van der Waals surface area contributed by atoms with Crippen molar-refractivity contribution in [2.45, 2.75) is 25.7 Å². The predicted octanol–water partition coefficient (Wildman–Crippen LogP) is 6.17. The van der Waals surface area contributed by atoms with Crippen LogP contribution in [0, 0.1) is 0 Å². The summed E-state index contributed by atoms with van der Waals surface area (Å²) in [5.74, 6) is 0.731. The molecule has 0 saturated carbocycles. The maximum absolute atomic E-state index is 13.4. The topological polar surface area (TPSA) is 60.5 Å². The minimum atomic E-state index is -0.241. The van der Waals surface area contributed by atoms with E-state index in [-0.39, 0.29) is 5.91 Å². The van der Waals surface area contributed by atoms with Crippen molar-refractivity contribution >= 4 is 43.8 Å². The number of thiophene rings is 1. The number of rotatable bonds is 5. The third kappa shape index (κ3) is 3.58. The Balaban J connectivity index is 1.60. The van der Waals surface area contributed by atoms with Gasteiger partial charge in [0.15, 0.2) is 0 Å². The molecule has 0 bridgehead atoms. The van der Waals surface area contributed by atoms with Crippen molar-refractivity contribution in [3.05, 3.63) is 58.5 Å². The number of fused-ring (bicyclic) bond motifs is 2. The van der Waals surface area contributed by atoms with Gasteiger partial charge in [-0.25, -0.2) is 4.98 Å². The van der Waals surface area contributed by atoms with Crippen LogP contribution in [-0.2, 0) is 12.8 Å². The molecule has 31 heavy (non-hydrogen) atoms. The highest BCUT2D eigenvalue weighted by molar-refractivity contribution is 7.23. The molecule has 1 aliphatic rings. The van der Waals surface area contributed by atoms with E-state index in [0.717, 1.165) is 45.1 Å². The summed E-state index contributed by atoms with van der Waals surface area (Å²) in [5, 5.41) is 4.97. The SMILES string of the molecule is COc1cccc(OC)c1C(=O)Nc1sc2c(c1-c1nc3ccccc3s1)CCCC2. The summed E-state index contributed by atoms with van der Waals surface area (Å²) in [6, 6.07) is 13.5. The molecule has 1 amide bonds. The van der Waals surface area contributed by atoms with Crippen LogP contribution in [0.5, 0.6) is 11.5 Å². The van der Waals surface area contributed by atoms with Gasteiger partial charge < -0.3 is 14.8 Å². The largest absolute Gasteiger partial charge is 0.496 e. The van der Waals surface area contributed by atoms with Crippen LogP contribution >= 0.6 is 22.7 Å². The molecule has 0 spiro atoms. The first-order chi connectivity index (χ1) is 15.2. The molecule has 2 aromatic carbocycles. The molecule has 1 aliphatic carbocycles. The number of methoxy groups -OCH3 is 2. The van der Waals surface area contributed by atoms with Gasteiger partial charge >= 0.3 is 0 Å². The zero-order valence-corrected chi connectivity index (χ0v) is 19.0. The normalized spacial score (nSPS) is 13.1. The van der Waals surface area contributed by atoms with Crippen molar-refractivity contribution in [2.75, 3.05) is 19.5 Å². The van der Waals surface area contributed by atoms with E-state index in [1.807, 2.05) is 24.3 Å². The van der Waals surface area contributed by atoms with Crippen molar-refractivity contribution in [1.29, 1.82) is 0 Å². The average Bonchev–Trinajstić information content (AvgIpc) is 3.38. The molecule has 4 aromatic rings. The van der Waals surface area contributed by atoms with Crippen molar-refractivity contribution in [2.24, 2.45) is 0 Å². The van der Waals surface area contributed by atoms with E-state index in [1.165, 1.54) is 16.9 Å². The average molecular weight is 451 g/mol. The number of aromatic nitrogens is 1. The predicted molar refractivity (Wildman–Crippen MR) is 127 cm³/mol. The molecule has 5 nitrogen and oxygen atoms in total. The molecular formula is C24H22N2O3S2. The first kappa shape index (κ1) is 20.0. The first-order valence-corrected chi connectivity index (χ1v) is 11.9. The van der Waals surface area contributed by atoms with Gasteiger partial charge in [-0.15, -0.1) is 22.7 Å². The van der Waals surface area contributed by atoms with Gasteiger partial charge in [0.05, 0.1) is 24.4 Å². The van der Waals surface area contributed by atoms with E-state index in [2.05, 4.69) is 11.4 Å². The van der Waals surface area contributed by atoms with Crippen LogP contribution in [0.15, 0.2) is 42.5 Å². The molecule has 2 aromatic heterocycles. The van der Waals surface area contributed by atoms with E-state index >= 15 is 0 Å². The monoisotopic (exact) mass is 450 g/mol. The summed E-state index contributed by atoms with van der Waals surface area (Å²) >= 11 is 3.34. The van der Waals surface area contributed by atoms with Crippen LogP contribution in [0.2, 0.25) is 0 Å². The number of anilines is 1. The Kier molecular flexibility index (Phi) is 5.38. The van der Waals surface area contributed by atoms with Gasteiger partial charge in [0, 0.05) is 10.4 Å². The molecule has 0 radical (unpaired) electrons. The number of aryl methyl sites for hydroxylation is 1. The quantitative estimate of drug-likeness (QED) is 0.395. The summed E-state index contributed by atoms with van der Waals surface area (Å²) < 4.78 is 12.0. The zero-order chi connectivity index (χ0) is 21.4. The van der Waals surface area contributed by atoms with Gasteiger partial charge in [-0.05, 0) is 55.5 Å². The highest BCUT2D eigenvalue weighted by Crippen LogP contribution is 2.46. The van der Waals surface area contributed by atoms with E-state index in [4.69, 9.17) is 14.5 Å². The lowest BCUT2D eigenvalue weighted by atomic mass is 9.95. The Hall–Kier alpha value is -2.90. The molecule has 0 aliphatic heterocycles. The molecule has 158 valence electrons. The van der Waals surface area contributed by atoms with Gasteiger partial charge in [-0.3, -0.25) is 4.79 Å². The van der Waals surface area contributed by atoms with Gasteiger partial charge in [-0.2, -0.15) is 0 Å². The third-order valence-corrected chi connectivity index (χ3v) is 7.82. The number of ether oxygens (including phenoxy) is 2. The van der Waals surface area contributed by atoms with Crippen LogP contribution in [0.1, 0.15) is 33.6 Å². The van der Waals surface area contributed by atoms with Crippen molar-refractivity contribution in [3.8, 4) is 22.1 Å². The smallest absolute Gasteiger partial charge is 0.263 e.